The number of nitrogens with two attached hydrogens (primary N) is 1. The number of halogens is 2. The van der Waals surface area contributed by atoms with Crippen LogP contribution in [0.4, 0.5) is 14.9 Å². The van der Waals surface area contributed by atoms with Gasteiger partial charge >= 0.3 is 6.03 Å². The van der Waals surface area contributed by atoms with Gasteiger partial charge in [-0.25, -0.2) is 9.18 Å². The van der Waals surface area contributed by atoms with E-state index in [-0.39, 0.29) is 17.8 Å². The Morgan fingerprint density at radius 3 is 2.63 bits per heavy atom. The number of nitrogens with one attached hydrogen (secondary N) is 1. The number of urea groups is 1. The zero-order valence-electron chi connectivity index (χ0n) is 16.6. The Labute approximate surface area is 180 Å². The topological polar surface area (TPSA) is 78.7 Å². The first-order valence-electron chi connectivity index (χ1n) is 9.63. The molecule has 8 heteroatoms. The smallest absolute Gasteiger partial charge is 0.316 e. The standard InChI is InChI=1S/C22H24ClFN4O2/c1-15-13-28(11-10-27(15)14-16-2-7-19(24)8-3-16)21(29)9-5-17-4-6-18(23)12-20(17)26-22(25)30/h2-9,12,15H,10-11,13-14H2,1H3,(H3,25,26,30)/b9-5+/t15-/m0/s1. The normalized spacial score (nSPS) is 17.3. The zero-order valence-corrected chi connectivity index (χ0v) is 17.4. The van der Waals surface area contributed by atoms with Crippen LogP contribution in [0.15, 0.2) is 48.5 Å². The van der Waals surface area contributed by atoms with Crippen LogP contribution < -0.4 is 11.1 Å². The lowest BCUT2D eigenvalue weighted by molar-refractivity contribution is -0.128. The van der Waals surface area contributed by atoms with Crippen LogP contribution in [-0.2, 0) is 11.3 Å². The number of carbonyl (C=O) groups is 2. The summed E-state index contributed by atoms with van der Waals surface area (Å²) in [5, 5.41) is 2.96. The third-order valence-electron chi connectivity index (χ3n) is 5.05. The monoisotopic (exact) mass is 430 g/mol. The molecule has 1 aliphatic rings. The van der Waals surface area contributed by atoms with Crippen LogP contribution in [0, 0.1) is 5.82 Å². The van der Waals surface area contributed by atoms with E-state index < -0.39 is 6.03 Å². The molecule has 1 fully saturated rings. The highest BCUT2D eigenvalue weighted by atomic mass is 35.5. The summed E-state index contributed by atoms with van der Waals surface area (Å²) in [6.45, 7) is 4.71. The van der Waals surface area contributed by atoms with Crippen molar-refractivity contribution in [3.63, 3.8) is 0 Å². The fraction of sp³-hybridized carbons (Fsp3) is 0.273. The molecule has 6 nitrogen and oxygen atoms in total. The average molecular weight is 431 g/mol. The number of amides is 3. The van der Waals surface area contributed by atoms with Crippen molar-refractivity contribution >= 4 is 35.3 Å². The molecule has 0 saturated carbocycles. The third-order valence-corrected chi connectivity index (χ3v) is 5.29. The predicted molar refractivity (Wildman–Crippen MR) is 117 cm³/mol. The average Bonchev–Trinajstić information content (AvgIpc) is 2.70. The number of benzene rings is 2. The molecule has 1 heterocycles. The van der Waals surface area contributed by atoms with Crippen LogP contribution in [0.3, 0.4) is 0 Å². The van der Waals surface area contributed by atoms with Crippen LogP contribution in [0.25, 0.3) is 6.08 Å². The highest BCUT2D eigenvalue weighted by Gasteiger charge is 2.25. The molecule has 3 amide bonds. The summed E-state index contributed by atoms with van der Waals surface area (Å²) in [5.74, 6) is -0.355. The summed E-state index contributed by atoms with van der Waals surface area (Å²) in [7, 11) is 0. The van der Waals surface area contributed by atoms with E-state index in [2.05, 4.69) is 17.1 Å². The van der Waals surface area contributed by atoms with E-state index >= 15 is 0 Å². The molecule has 1 atom stereocenters. The minimum Gasteiger partial charge on any atom is -0.351 e. The molecule has 2 aromatic carbocycles. The first-order valence-corrected chi connectivity index (χ1v) is 10.0. The number of nitrogens with zero attached hydrogens (tertiary/aromatic N) is 2. The quantitative estimate of drug-likeness (QED) is 0.709. The summed E-state index contributed by atoms with van der Waals surface area (Å²) in [6, 6.07) is 10.9. The van der Waals surface area contributed by atoms with Crippen LogP contribution >= 0.6 is 11.6 Å². The molecule has 30 heavy (non-hydrogen) atoms. The number of hydrogen-bond acceptors (Lipinski definition) is 3. The van der Waals surface area contributed by atoms with Gasteiger partial charge in [0.25, 0.3) is 0 Å². The van der Waals surface area contributed by atoms with Gasteiger partial charge in [0.1, 0.15) is 5.82 Å². The first kappa shape index (κ1) is 21.8. The second-order valence-electron chi connectivity index (χ2n) is 7.28. The summed E-state index contributed by atoms with van der Waals surface area (Å²) in [5.41, 5.74) is 7.31. The number of piperazine rings is 1. The van der Waals surface area contributed by atoms with Gasteiger partial charge < -0.3 is 16.0 Å². The van der Waals surface area contributed by atoms with Crippen LogP contribution in [0.5, 0.6) is 0 Å². The lowest BCUT2D eigenvalue weighted by Crippen LogP contribution is -2.52. The van der Waals surface area contributed by atoms with E-state index in [1.165, 1.54) is 18.2 Å². The van der Waals surface area contributed by atoms with Crippen molar-refractivity contribution in [1.29, 1.82) is 0 Å². The molecule has 0 radical (unpaired) electrons. The van der Waals surface area contributed by atoms with E-state index in [9.17, 15) is 14.0 Å². The van der Waals surface area contributed by atoms with E-state index in [4.69, 9.17) is 17.3 Å². The summed E-state index contributed by atoms with van der Waals surface area (Å²) in [4.78, 5) is 27.9. The first-order chi connectivity index (χ1) is 14.3. The number of primary amides is 1. The number of carbonyl (C=O) groups excluding carboxylic acids is 2. The van der Waals surface area contributed by atoms with Gasteiger partial charge in [-0.1, -0.05) is 29.8 Å². The highest BCUT2D eigenvalue weighted by molar-refractivity contribution is 6.31. The Balaban J connectivity index is 1.61. The molecule has 0 aliphatic carbocycles. The van der Waals surface area contributed by atoms with Gasteiger partial charge in [0.2, 0.25) is 5.91 Å². The Bertz CT molecular complexity index is 949. The molecule has 1 aliphatic heterocycles. The van der Waals surface area contributed by atoms with Crippen LogP contribution in [-0.4, -0.2) is 47.4 Å². The summed E-state index contributed by atoms with van der Waals surface area (Å²) >= 11 is 5.97. The maximum absolute atomic E-state index is 13.1. The SMILES string of the molecule is C[C@H]1CN(C(=O)/C=C/c2ccc(Cl)cc2NC(N)=O)CCN1Cc1ccc(F)cc1. The molecular formula is C22H24ClFN4O2. The molecule has 2 aromatic rings. The van der Waals surface area contributed by atoms with E-state index in [0.717, 1.165) is 12.1 Å². The van der Waals surface area contributed by atoms with Crippen LogP contribution in [0.2, 0.25) is 5.02 Å². The van der Waals surface area contributed by atoms with E-state index in [0.29, 0.717) is 35.9 Å². The van der Waals surface area contributed by atoms with E-state index in [1.807, 2.05) is 0 Å². The Hall–Kier alpha value is -2.90. The largest absolute Gasteiger partial charge is 0.351 e. The molecule has 0 unspecified atom stereocenters. The lowest BCUT2D eigenvalue weighted by Gasteiger charge is -2.39. The molecular weight excluding hydrogens is 407 g/mol. The minimum atomic E-state index is -0.704. The number of rotatable bonds is 5. The van der Waals surface area contributed by atoms with Crippen molar-refractivity contribution < 1.29 is 14.0 Å². The molecule has 1 saturated heterocycles. The number of anilines is 1. The second kappa shape index (κ2) is 9.73. The Kier molecular flexibility index (Phi) is 7.07. The fourth-order valence-corrected chi connectivity index (χ4v) is 3.61. The zero-order chi connectivity index (χ0) is 21.7. The number of hydrogen-bond donors (Lipinski definition) is 2. The highest BCUT2D eigenvalue weighted by Crippen LogP contribution is 2.22. The fourth-order valence-electron chi connectivity index (χ4n) is 3.44. The van der Waals surface area contributed by atoms with Crippen molar-refractivity contribution in [3.8, 4) is 0 Å². The molecule has 158 valence electrons. The van der Waals surface area contributed by atoms with Gasteiger partial charge in [0.05, 0.1) is 5.69 Å². The Morgan fingerprint density at radius 1 is 1.23 bits per heavy atom. The summed E-state index contributed by atoms with van der Waals surface area (Å²) < 4.78 is 13.1. The van der Waals surface area contributed by atoms with Crippen molar-refractivity contribution in [3.05, 3.63) is 70.5 Å². The maximum atomic E-state index is 13.1. The predicted octanol–water partition coefficient (Wildman–Crippen LogP) is 3.72. The van der Waals surface area contributed by atoms with Crippen molar-refractivity contribution in [2.45, 2.75) is 19.5 Å². The molecule has 0 spiro atoms. The third kappa shape index (κ3) is 5.81. The van der Waals surface area contributed by atoms with Crippen LogP contribution in [0.1, 0.15) is 18.1 Å². The summed E-state index contributed by atoms with van der Waals surface area (Å²) in [6.07, 6.45) is 3.12. The van der Waals surface area contributed by atoms with Gasteiger partial charge in [-0.15, -0.1) is 0 Å². The van der Waals surface area contributed by atoms with Gasteiger partial charge in [0, 0.05) is 43.3 Å². The van der Waals surface area contributed by atoms with Gasteiger partial charge in [-0.3, -0.25) is 9.69 Å². The second-order valence-corrected chi connectivity index (χ2v) is 7.72. The molecule has 0 aromatic heterocycles. The molecule has 3 N–H and O–H groups in total. The lowest BCUT2D eigenvalue weighted by atomic mass is 10.1. The molecule has 3 rings (SSSR count). The Morgan fingerprint density at radius 2 is 1.97 bits per heavy atom. The minimum absolute atomic E-state index is 0.108. The van der Waals surface area contributed by atoms with Crippen molar-refractivity contribution in [2.24, 2.45) is 5.73 Å². The van der Waals surface area contributed by atoms with E-state index in [1.54, 1.807) is 41.3 Å². The van der Waals surface area contributed by atoms with Gasteiger partial charge in [-0.2, -0.15) is 0 Å². The van der Waals surface area contributed by atoms with Gasteiger partial charge in [-0.05, 0) is 48.4 Å². The van der Waals surface area contributed by atoms with Crippen molar-refractivity contribution in [1.82, 2.24) is 9.80 Å². The maximum Gasteiger partial charge on any atom is 0.316 e. The van der Waals surface area contributed by atoms with Crippen molar-refractivity contribution in [2.75, 3.05) is 25.0 Å². The van der Waals surface area contributed by atoms with Gasteiger partial charge in [0.15, 0.2) is 0 Å². The molecule has 0 bridgehead atoms.